The van der Waals surface area contributed by atoms with Crippen molar-refractivity contribution in [3.05, 3.63) is 72.9 Å². The van der Waals surface area contributed by atoms with Crippen LogP contribution in [0, 0.1) is 11.3 Å². The summed E-state index contributed by atoms with van der Waals surface area (Å²) in [5.41, 5.74) is 7.13. The number of halogens is 3. The molecule has 1 heterocycles. The fraction of sp³-hybridized carbons (Fsp3) is 0.320. The van der Waals surface area contributed by atoms with E-state index in [1.54, 1.807) is 29.3 Å². The van der Waals surface area contributed by atoms with Crippen LogP contribution < -0.4 is 11.2 Å². The molecule has 1 amide bonds. The molecule has 0 bridgehead atoms. The van der Waals surface area contributed by atoms with Crippen molar-refractivity contribution in [2.24, 2.45) is 10.7 Å². The zero-order chi connectivity index (χ0) is 28.0. The monoisotopic (exact) mass is 548 g/mol. The second-order valence-electron chi connectivity index (χ2n) is 8.69. The number of amidine groups is 1. The number of nitriles is 1. The molecule has 0 unspecified atom stereocenters. The van der Waals surface area contributed by atoms with Crippen LogP contribution in [-0.2, 0) is 21.0 Å². The third-order valence-corrected chi connectivity index (χ3v) is 8.10. The van der Waals surface area contributed by atoms with E-state index in [1.807, 2.05) is 6.07 Å². The van der Waals surface area contributed by atoms with Crippen LogP contribution in [-0.4, -0.2) is 48.1 Å². The maximum Gasteiger partial charge on any atom is 0.416 e. The molecule has 2 aromatic rings. The second-order valence-corrected chi connectivity index (χ2v) is 10.6. The molecule has 0 aliphatic carbocycles. The molecule has 9 nitrogen and oxygen atoms in total. The number of piperidine rings is 1. The van der Waals surface area contributed by atoms with E-state index >= 15 is 0 Å². The molecule has 1 aliphatic heterocycles. The Kier molecular flexibility index (Phi) is 8.80. The minimum Gasteiger partial charge on any atom is -0.369 e. The molecule has 3 rings (SSSR count). The fourth-order valence-corrected chi connectivity index (χ4v) is 5.62. The van der Waals surface area contributed by atoms with Crippen molar-refractivity contribution in [3.63, 3.8) is 0 Å². The van der Waals surface area contributed by atoms with Crippen LogP contribution in [0.1, 0.15) is 31.2 Å². The van der Waals surface area contributed by atoms with E-state index in [-0.39, 0.29) is 49.5 Å². The molecule has 1 saturated heterocycles. The summed E-state index contributed by atoms with van der Waals surface area (Å²) in [6, 6.07) is 14.3. The SMILES string of the molecule is C=CN(NC(CC(N)=O)=Nc1ccccc1)C1(CC#N)CCN(S(=O)(=O)c2ccc(C(F)(F)F)cc2)CC1. The summed E-state index contributed by atoms with van der Waals surface area (Å²) < 4.78 is 66.1. The molecule has 0 spiro atoms. The third-order valence-electron chi connectivity index (χ3n) is 6.19. The van der Waals surface area contributed by atoms with Gasteiger partial charge in [-0.2, -0.15) is 22.7 Å². The highest BCUT2D eigenvalue weighted by atomic mass is 32.2. The minimum atomic E-state index is -4.58. The van der Waals surface area contributed by atoms with Crippen molar-refractivity contribution in [2.75, 3.05) is 13.1 Å². The van der Waals surface area contributed by atoms with Crippen LogP contribution in [0.4, 0.5) is 18.9 Å². The maximum absolute atomic E-state index is 13.1. The van der Waals surface area contributed by atoms with Gasteiger partial charge < -0.3 is 5.73 Å². The van der Waals surface area contributed by atoms with Gasteiger partial charge in [-0.1, -0.05) is 24.8 Å². The largest absolute Gasteiger partial charge is 0.416 e. The quantitative estimate of drug-likeness (QED) is 0.279. The molecule has 202 valence electrons. The number of nitrogens with zero attached hydrogens (tertiary/aromatic N) is 4. The molecule has 0 aromatic heterocycles. The number of carbonyl (C=O) groups is 1. The van der Waals surface area contributed by atoms with Gasteiger partial charge in [0.25, 0.3) is 0 Å². The number of carbonyl (C=O) groups excluding carboxylic acids is 1. The zero-order valence-electron chi connectivity index (χ0n) is 20.4. The Morgan fingerprint density at radius 1 is 1.18 bits per heavy atom. The summed E-state index contributed by atoms with van der Waals surface area (Å²) in [5.74, 6) is -0.427. The van der Waals surface area contributed by atoms with Gasteiger partial charge in [0.1, 0.15) is 5.84 Å². The normalized spacial score (nSPS) is 16.3. The van der Waals surface area contributed by atoms with Crippen molar-refractivity contribution in [1.82, 2.24) is 14.7 Å². The summed E-state index contributed by atoms with van der Waals surface area (Å²) >= 11 is 0. The summed E-state index contributed by atoms with van der Waals surface area (Å²) in [6.07, 6.45) is -3.00. The van der Waals surface area contributed by atoms with Gasteiger partial charge in [0.2, 0.25) is 15.9 Å². The van der Waals surface area contributed by atoms with Crippen LogP contribution in [0.2, 0.25) is 0 Å². The molecule has 0 saturated carbocycles. The lowest BCUT2D eigenvalue weighted by Gasteiger charge is -2.47. The Morgan fingerprint density at radius 2 is 1.79 bits per heavy atom. The van der Waals surface area contributed by atoms with Gasteiger partial charge in [-0.15, -0.1) is 0 Å². The summed E-state index contributed by atoms with van der Waals surface area (Å²) in [6.45, 7) is 3.80. The number of hydrogen-bond donors (Lipinski definition) is 2. The third kappa shape index (κ3) is 6.70. The van der Waals surface area contributed by atoms with Gasteiger partial charge in [-0.3, -0.25) is 15.2 Å². The number of rotatable bonds is 9. The topological polar surface area (TPSA) is 132 Å². The van der Waals surface area contributed by atoms with Crippen LogP contribution in [0.3, 0.4) is 0 Å². The molecule has 0 atom stereocenters. The Hall–Kier alpha value is -3.89. The molecule has 3 N–H and O–H groups in total. The Balaban J connectivity index is 1.82. The van der Waals surface area contributed by atoms with E-state index < -0.39 is 33.2 Å². The number of para-hydroxylation sites is 1. The summed E-state index contributed by atoms with van der Waals surface area (Å²) in [4.78, 5) is 15.9. The number of nitrogens with one attached hydrogen (secondary N) is 1. The smallest absolute Gasteiger partial charge is 0.369 e. The van der Waals surface area contributed by atoms with Gasteiger partial charge in [-0.05, 0) is 49.2 Å². The predicted molar refractivity (Wildman–Crippen MR) is 135 cm³/mol. The van der Waals surface area contributed by atoms with E-state index in [9.17, 15) is 31.6 Å². The van der Waals surface area contributed by atoms with E-state index in [4.69, 9.17) is 5.73 Å². The summed E-state index contributed by atoms with van der Waals surface area (Å²) in [7, 11) is -4.07. The molecule has 2 aromatic carbocycles. The average molecular weight is 549 g/mol. The Labute approximate surface area is 219 Å². The number of benzene rings is 2. The van der Waals surface area contributed by atoms with Gasteiger partial charge >= 0.3 is 6.18 Å². The van der Waals surface area contributed by atoms with E-state index in [0.717, 1.165) is 24.3 Å². The van der Waals surface area contributed by atoms with Crippen LogP contribution in [0.25, 0.3) is 0 Å². The van der Waals surface area contributed by atoms with Gasteiger partial charge in [0, 0.05) is 19.3 Å². The number of hydrazine groups is 1. The van der Waals surface area contributed by atoms with Gasteiger partial charge in [-0.25, -0.2) is 13.4 Å². The highest BCUT2D eigenvalue weighted by molar-refractivity contribution is 7.89. The number of sulfonamides is 1. The highest BCUT2D eigenvalue weighted by Gasteiger charge is 2.42. The van der Waals surface area contributed by atoms with Crippen LogP contribution in [0.15, 0.2) is 77.3 Å². The minimum absolute atomic E-state index is 0.00195. The van der Waals surface area contributed by atoms with Crippen molar-refractivity contribution in [3.8, 4) is 6.07 Å². The highest BCUT2D eigenvalue weighted by Crippen LogP contribution is 2.35. The molecular weight excluding hydrogens is 521 g/mol. The second kappa shape index (κ2) is 11.7. The number of nitrogens with two attached hydrogens (primary N) is 1. The van der Waals surface area contributed by atoms with E-state index in [0.29, 0.717) is 5.69 Å². The van der Waals surface area contributed by atoms with Gasteiger partial charge in [0.05, 0.1) is 40.6 Å². The fourth-order valence-electron chi connectivity index (χ4n) is 4.18. The number of hydrogen-bond acceptors (Lipinski definition) is 6. The Bertz CT molecular complexity index is 1310. The number of alkyl halides is 3. The van der Waals surface area contributed by atoms with Crippen LogP contribution in [0.5, 0.6) is 0 Å². The van der Waals surface area contributed by atoms with E-state index in [1.165, 1.54) is 10.5 Å². The lowest BCUT2D eigenvalue weighted by molar-refractivity contribution is -0.137. The number of primary amides is 1. The molecule has 1 fully saturated rings. The lowest BCUT2D eigenvalue weighted by atomic mass is 9.85. The molecule has 0 radical (unpaired) electrons. The van der Waals surface area contributed by atoms with Crippen LogP contribution >= 0.6 is 0 Å². The maximum atomic E-state index is 13.1. The zero-order valence-corrected chi connectivity index (χ0v) is 21.2. The first-order valence-electron chi connectivity index (χ1n) is 11.6. The van der Waals surface area contributed by atoms with Crippen molar-refractivity contribution in [2.45, 2.75) is 42.3 Å². The molecule has 13 heteroatoms. The average Bonchev–Trinajstić information content (AvgIpc) is 2.87. The molecular formula is C25H27F3N6O3S. The first kappa shape index (κ1) is 28.7. The van der Waals surface area contributed by atoms with Gasteiger partial charge in [0.15, 0.2) is 0 Å². The van der Waals surface area contributed by atoms with Crippen molar-refractivity contribution >= 4 is 27.5 Å². The summed E-state index contributed by atoms with van der Waals surface area (Å²) in [5, 5.41) is 11.1. The lowest BCUT2D eigenvalue weighted by Crippen LogP contribution is -2.59. The first-order chi connectivity index (χ1) is 17.9. The van der Waals surface area contributed by atoms with Crippen molar-refractivity contribution < 1.29 is 26.4 Å². The molecule has 38 heavy (non-hydrogen) atoms. The Morgan fingerprint density at radius 3 is 2.29 bits per heavy atom. The number of aliphatic imine (C=N–C) groups is 1. The standard InChI is InChI=1S/C25H27F3N6O3S/c1-2-34(32-23(18-22(30)35)31-20-6-4-3-5-7-20)24(12-15-29)13-16-33(17-14-24)38(36,37)21-10-8-19(9-11-21)25(26,27)28/h2-11H,1,12-14,16-18H2,(H2,30,35)(H,31,32). The molecule has 1 aliphatic rings. The van der Waals surface area contributed by atoms with E-state index in [2.05, 4.69) is 23.1 Å². The number of amides is 1. The predicted octanol–water partition coefficient (Wildman–Crippen LogP) is 3.70. The first-order valence-corrected chi connectivity index (χ1v) is 13.0. The van der Waals surface area contributed by atoms with Crippen molar-refractivity contribution in [1.29, 1.82) is 5.26 Å².